The van der Waals surface area contributed by atoms with Crippen LogP contribution in [0.1, 0.15) is 44.2 Å². The van der Waals surface area contributed by atoms with E-state index in [-0.39, 0.29) is 10.4 Å². The molecule has 5 nitrogen and oxygen atoms in total. The first-order chi connectivity index (χ1) is 10.0. The van der Waals surface area contributed by atoms with E-state index in [9.17, 15) is 8.42 Å². The Balaban J connectivity index is 1.64. The highest BCUT2D eigenvalue weighted by Crippen LogP contribution is 2.26. The number of rotatable bonds is 4. The molecule has 21 heavy (non-hydrogen) atoms. The van der Waals surface area contributed by atoms with Crippen molar-refractivity contribution in [2.45, 2.75) is 61.9 Å². The summed E-state index contributed by atoms with van der Waals surface area (Å²) in [5.41, 5.74) is 0.761. The number of nitrogens with zero attached hydrogens (tertiary/aromatic N) is 2. The normalized spacial score (nSPS) is 25.5. The summed E-state index contributed by atoms with van der Waals surface area (Å²) in [6.45, 7) is 3.77. The largest absolute Gasteiger partial charge is 0.299 e. The molecule has 3 rings (SSSR count). The predicted octanol–water partition coefficient (Wildman–Crippen LogP) is 2.14. The van der Waals surface area contributed by atoms with Gasteiger partial charge in [-0.1, -0.05) is 12.8 Å². The molecular formula is C14H23N3O2S2. The van der Waals surface area contributed by atoms with Crippen LogP contribution in [0.25, 0.3) is 0 Å². The quantitative estimate of drug-likeness (QED) is 0.919. The molecule has 1 unspecified atom stereocenters. The molecule has 0 radical (unpaired) electrons. The van der Waals surface area contributed by atoms with Crippen LogP contribution in [0.4, 0.5) is 0 Å². The molecular weight excluding hydrogens is 306 g/mol. The molecule has 1 aliphatic carbocycles. The molecule has 2 fully saturated rings. The van der Waals surface area contributed by atoms with E-state index in [1.807, 2.05) is 6.92 Å². The fourth-order valence-corrected chi connectivity index (χ4v) is 5.74. The second-order valence-corrected chi connectivity index (χ2v) is 8.89. The van der Waals surface area contributed by atoms with E-state index < -0.39 is 10.0 Å². The van der Waals surface area contributed by atoms with Gasteiger partial charge in [-0.25, -0.2) is 18.1 Å². The lowest BCUT2D eigenvalue weighted by atomic mass is 10.0. The Labute approximate surface area is 130 Å². The van der Waals surface area contributed by atoms with Crippen LogP contribution in [0.15, 0.2) is 9.72 Å². The minimum Gasteiger partial charge on any atom is -0.299 e. The Morgan fingerprint density at radius 1 is 1.29 bits per heavy atom. The Hall–Kier alpha value is -0.500. The van der Waals surface area contributed by atoms with Crippen molar-refractivity contribution in [3.63, 3.8) is 0 Å². The molecule has 1 aromatic heterocycles. The van der Waals surface area contributed by atoms with Crippen molar-refractivity contribution < 1.29 is 8.42 Å². The van der Waals surface area contributed by atoms with Crippen molar-refractivity contribution in [1.82, 2.24) is 14.6 Å². The van der Waals surface area contributed by atoms with E-state index in [0.29, 0.717) is 6.04 Å². The highest BCUT2D eigenvalue weighted by Gasteiger charge is 2.30. The summed E-state index contributed by atoms with van der Waals surface area (Å²) in [5, 5.41) is 1.78. The third-order valence-corrected chi connectivity index (χ3v) is 7.34. The number of likely N-dealkylation sites (tertiary alicyclic amines) is 1. The van der Waals surface area contributed by atoms with Crippen molar-refractivity contribution in [1.29, 1.82) is 0 Å². The van der Waals surface area contributed by atoms with Gasteiger partial charge in [0.25, 0.3) is 10.0 Å². The van der Waals surface area contributed by atoms with Crippen molar-refractivity contribution in [3.05, 3.63) is 11.1 Å². The minimum absolute atomic E-state index is 0.0218. The first-order valence-corrected chi connectivity index (χ1v) is 10.1. The van der Waals surface area contributed by atoms with Gasteiger partial charge in [0.1, 0.15) is 0 Å². The molecule has 1 aliphatic heterocycles. The molecule has 0 aromatic carbocycles. The Kier molecular flexibility index (Phi) is 4.63. The molecule has 0 bridgehead atoms. The summed E-state index contributed by atoms with van der Waals surface area (Å²) in [4.78, 5) is 6.58. The van der Waals surface area contributed by atoms with Gasteiger partial charge in [-0.05, 0) is 39.2 Å². The van der Waals surface area contributed by atoms with Gasteiger partial charge in [-0.15, -0.1) is 11.3 Å². The lowest BCUT2D eigenvalue weighted by Gasteiger charge is -2.36. The average Bonchev–Trinajstić information content (AvgIpc) is 3.09. The lowest BCUT2D eigenvalue weighted by Crippen LogP contribution is -2.50. The standard InChI is InChI=1S/C14H23N3O2S2/c1-11-10-20-14(15-11)21(18,19)16-12-5-4-8-17(9-12)13-6-2-3-7-13/h10,12-13,16H,2-9H2,1H3. The average molecular weight is 329 g/mol. The Bertz CT molecular complexity index is 579. The molecule has 1 atom stereocenters. The molecule has 118 valence electrons. The molecule has 1 saturated heterocycles. The number of aromatic nitrogens is 1. The third kappa shape index (κ3) is 3.64. The van der Waals surface area contributed by atoms with Crippen molar-refractivity contribution in [2.75, 3.05) is 13.1 Å². The monoisotopic (exact) mass is 329 g/mol. The van der Waals surface area contributed by atoms with Crippen molar-refractivity contribution in [3.8, 4) is 0 Å². The number of nitrogens with one attached hydrogen (secondary N) is 1. The second-order valence-electron chi connectivity index (χ2n) is 6.15. The fourth-order valence-electron chi connectivity index (χ4n) is 3.43. The molecule has 7 heteroatoms. The van der Waals surface area contributed by atoms with Crippen LogP contribution in [0.5, 0.6) is 0 Å². The maximum atomic E-state index is 12.4. The van der Waals surface area contributed by atoms with Gasteiger partial charge in [0.2, 0.25) is 4.34 Å². The van der Waals surface area contributed by atoms with Gasteiger partial charge in [0, 0.05) is 29.7 Å². The van der Waals surface area contributed by atoms with E-state index in [0.717, 1.165) is 31.6 Å². The van der Waals surface area contributed by atoms with E-state index in [1.165, 1.54) is 37.0 Å². The molecule has 1 saturated carbocycles. The van der Waals surface area contributed by atoms with Crippen LogP contribution in [0.2, 0.25) is 0 Å². The van der Waals surface area contributed by atoms with Crippen LogP contribution >= 0.6 is 11.3 Å². The first kappa shape index (κ1) is 15.4. The molecule has 0 amide bonds. The van der Waals surface area contributed by atoms with E-state index in [2.05, 4.69) is 14.6 Å². The van der Waals surface area contributed by atoms with Gasteiger partial charge >= 0.3 is 0 Å². The first-order valence-electron chi connectivity index (χ1n) is 7.73. The lowest BCUT2D eigenvalue weighted by molar-refractivity contribution is 0.146. The summed E-state index contributed by atoms with van der Waals surface area (Å²) in [5.74, 6) is 0. The highest BCUT2D eigenvalue weighted by atomic mass is 32.2. The molecule has 2 aliphatic rings. The topological polar surface area (TPSA) is 62.3 Å². The van der Waals surface area contributed by atoms with Gasteiger partial charge in [0.15, 0.2) is 0 Å². The Morgan fingerprint density at radius 3 is 2.71 bits per heavy atom. The van der Waals surface area contributed by atoms with E-state index in [1.54, 1.807) is 5.38 Å². The number of hydrogen-bond acceptors (Lipinski definition) is 5. The van der Waals surface area contributed by atoms with Gasteiger partial charge < -0.3 is 0 Å². The summed E-state index contributed by atoms with van der Waals surface area (Å²) in [7, 11) is -3.46. The summed E-state index contributed by atoms with van der Waals surface area (Å²) < 4.78 is 27.8. The summed E-state index contributed by atoms with van der Waals surface area (Å²) in [6, 6.07) is 0.688. The minimum atomic E-state index is -3.46. The molecule has 0 spiro atoms. The maximum absolute atomic E-state index is 12.4. The van der Waals surface area contributed by atoms with E-state index >= 15 is 0 Å². The zero-order valence-electron chi connectivity index (χ0n) is 12.4. The van der Waals surface area contributed by atoms with Gasteiger partial charge in [-0.3, -0.25) is 4.90 Å². The number of aryl methyl sites for hydroxylation is 1. The Morgan fingerprint density at radius 2 is 2.05 bits per heavy atom. The highest BCUT2D eigenvalue weighted by molar-refractivity contribution is 7.91. The van der Waals surface area contributed by atoms with Crippen molar-refractivity contribution >= 4 is 21.4 Å². The number of hydrogen-bond donors (Lipinski definition) is 1. The maximum Gasteiger partial charge on any atom is 0.268 e. The molecule has 1 N–H and O–H groups in total. The van der Waals surface area contributed by atoms with Crippen LogP contribution in [0.3, 0.4) is 0 Å². The second kappa shape index (κ2) is 6.32. The van der Waals surface area contributed by atoms with Gasteiger partial charge in [0.05, 0.1) is 0 Å². The van der Waals surface area contributed by atoms with E-state index in [4.69, 9.17) is 0 Å². The number of thiazole rings is 1. The van der Waals surface area contributed by atoms with Crippen LogP contribution in [0, 0.1) is 6.92 Å². The van der Waals surface area contributed by atoms with Crippen LogP contribution in [-0.2, 0) is 10.0 Å². The summed E-state index contributed by atoms with van der Waals surface area (Å²) in [6.07, 6.45) is 7.16. The SMILES string of the molecule is Cc1csc(S(=O)(=O)NC2CCCN(C3CCCC3)C2)n1. The molecule has 2 heterocycles. The zero-order valence-corrected chi connectivity index (χ0v) is 14.0. The number of sulfonamides is 1. The number of piperidine rings is 1. The zero-order chi connectivity index (χ0) is 14.9. The third-order valence-electron chi connectivity index (χ3n) is 4.44. The molecule has 1 aromatic rings. The fraction of sp³-hybridized carbons (Fsp3) is 0.786. The smallest absolute Gasteiger partial charge is 0.268 e. The summed E-state index contributed by atoms with van der Waals surface area (Å²) >= 11 is 1.20. The van der Waals surface area contributed by atoms with Crippen LogP contribution < -0.4 is 4.72 Å². The van der Waals surface area contributed by atoms with Crippen molar-refractivity contribution in [2.24, 2.45) is 0 Å². The predicted molar refractivity (Wildman–Crippen MR) is 84.0 cm³/mol. The van der Waals surface area contributed by atoms with Crippen LogP contribution in [-0.4, -0.2) is 43.5 Å². The van der Waals surface area contributed by atoms with Gasteiger partial charge in [-0.2, -0.15) is 0 Å².